The number of nitrogens with one attached hydrogen (secondary N) is 1. The summed E-state index contributed by atoms with van der Waals surface area (Å²) >= 11 is 1.34. The highest BCUT2D eigenvalue weighted by molar-refractivity contribution is 7.11. The predicted octanol–water partition coefficient (Wildman–Crippen LogP) is 2.92. The van der Waals surface area contributed by atoms with Gasteiger partial charge >= 0.3 is 6.09 Å². The summed E-state index contributed by atoms with van der Waals surface area (Å²) in [5.74, 6) is 0.0237. The number of Topliss-reactive ketones (excluding diaryl/α,β-unsaturated/α-hetero) is 1. The molecule has 1 aromatic heterocycles. The normalized spacial score (nSPS) is 11.5. The van der Waals surface area contributed by atoms with Gasteiger partial charge in [-0.1, -0.05) is 11.3 Å². The van der Waals surface area contributed by atoms with Gasteiger partial charge in [0.1, 0.15) is 0 Å². The van der Waals surface area contributed by atoms with Crippen LogP contribution in [-0.2, 0) is 7.05 Å². The van der Waals surface area contributed by atoms with Gasteiger partial charge in [-0.25, -0.2) is 9.79 Å². The Morgan fingerprint density at radius 2 is 1.90 bits per heavy atom. The van der Waals surface area contributed by atoms with Crippen LogP contribution >= 0.6 is 11.3 Å². The van der Waals surface area contributed by atoms with E-state index in [1.54, 1.807) is 24.3 Å². The van der Waals surface area contributed by atoms with Crippen LogP contribution in [0.15, 0.2) is 29.3 Å². The molecule has 0 spiro atoms. The van der Waals surface area contributed by atoms with E-state index in [9.17, 15) is 9.59 Å². The molecule has 2 rings (SSSR count). The Morgan fingerprint density at radius 3 is 2.38 bits per heavy atom. The third kappa shape index (κ3) is 3.38. The highest BCUT2D eigenvalue weighted by Gasteiger charge is 2.10. The number of hydrogen-bond donors (Lipinski definition) is 2. The van der Waals surface area contributed by atoms with E-state index in [-0.39, 0.29) is 5.78 Å². The van der Waals surface area contributed by atoms with Crippen LogP contribution in [0.25, 0.3) is 0 Å². The molecular weight excluding hydrogens is 290 g/mol. The highest BCUT2D eigenvalue weighted by atomic mass is 32.1. The number of ketones is 1. The molecule has 6 nitrogen and oxygen atoms in total. The number of hydrogen-bond acceptors (Lipinski definition) is 4. The molecule has 0 aliphatic rings. The number of carboxylic acid groups (broad SMARTS) is 1. The van der Waals surface area contributed by atoms with Crippen molar-refractivity contribution in [3.8, 4) is 0 Å². The number of carbonyl (C=O) groups is 2. The zero-order valence-electron chi connectivity index (χ0n) is 11.9. The third-order valence-corrected chi connectivity index (χ3v) is 4.31. The molecule has 1 aromatic carbocycles. The van der Waals surface area contributed by atoms with Crippen LogP contribution in [0.3, 0.4) is 0 Å². The fraction of sp³-hybridized carbons (Fsp3) is 0.214. The number of carbonyl (C=O) groups excluding carboxylic acids is 1. The van der Waals surface area contributed by atoms with E-state index in [2.05, 4.69) is 10.3 Å². The van der Waals surface area contributed by atoms with E-state index in [0.29, 0.717) is 16.3 Å². The maximum absolute atomic E-state index is 11.5. The lowest BCUT2D eigenvalue weighted by Gasteiger charge is -2.00. The molecule has 1 heterocycles. The van der Waals surface area contributed by atoms with Crippen molar-refractivity contribution < 1.29 is 14.7 Å². The minimum Gasteiger partial charge on any atom is -0.465 e. The van der Waals surface area contributed by atoms with Gasteiger partial charge in [0.2, 0.25) is 0 Å². The van der Waals surface area contributed by atoms with Gasteiger partial charge in [-0.15, -0.1) is 0 Å². The second kappa shape index (κ2) is 5.92. The number of rotatable bonds is 3. The second-order valence-corrected chi connectivity index (χ2v) is 5.48. The summed E-state index contributed by atoms with van der Waals surface area (Å²) < 4.78 is 1.87. The number of thiazole rings is 1. The Bertz CT molecular complexity index is 757. The monoisotopic (exact) mass is 305 g/mol. The molecule has 2 N–H and O–H groups in total. The molecule has 2 aromatic rings. The largest absolute Gasteiger partial charge is 0.465 e. The molecule has 0 aliphatic carbocycles. The average Bonchev–Trinajstić information content (AvgIpc) is 2.69. The molecule has 21 heavy (non-hydrogen) atoms. The molecule has 0 atom stereocenters. The van der Waals surface area contributed by atoms with Crippen LogP contribution in [0.2, 0.25) is 0 Å². The van der Waals surface area contributed by atoms with Gasteiger partial charge in [-0.05, 0) is 31.2 Å². The fourth-order valence-corrected chi connectivity index (χ4v) is 2.84. The van der Waals surface area contributed by atoms with Crippen molar-refractivity contribution in [2.75, 3.05) is 5.32 Å². The molecule has 0 radical (unpaired) electrons. The van der Waals surface area contributed by atoms with E-state index in [1.165, 1.54) is 18.3 Å². The molecule has 0 unspecified atom stereocenters. The number of amides is 1. The van der Waals surface area contributed by atoms with Gasteiger partial charge in [0, 0.05) is 25.4 Å². The molecular formula is C14H15N3O3S. The lowest BCUT2D eigenvalue weighted by molar-refractivity contribution is 0.102. The van der Waals surface area contributed by atoms with Gasteiger partial charge in [0.25, 0.3) is 0 Å². The van der Waals surface area contributed by atoms with E-state index in [0.717, 1.165) is 10.5 Å². The molecule has 1 amide bonds. The van der Waals surface area contributed by atoms with E-state index in [1.807, 2.05) is 18.5 Å². The molecule has 110 valence electrons. The van der Waals surface area contributed by atoms with Crippen LogP contribution in [0.1, 0.15) is 22.3 Å². The smallest absolute Gasteiger partial charge is 0.409 e. The summed E-state index contributed by atoms with van der Waals surface area (Å²) in [5, 5.41) is 10.9. The van der Waals surface area contributed by atoms with Gasteiger partial charge in [-0.2, -0.15) is 0 Å². The zero-order chi connectivity index (χ0) is 15.6. The quantitative estimate of drug-likeness (QED) is 0.855. The maximum atomic E-state index is 11.5. The average molecular weight is 305 g/mol. The standard InChI is InChI=1S/C14H15N3O3S/c1-8-12(9(2)18)21-13(17(8)3)15-10-4-6-11(7-5-10)16-14(19)20/h4-7,16H,1-3H3,(H,19,20). The van der Waals surface area contributed by atoms with Crippen molar-refractivity contribution >= 4 is 34.6 Å². The summed E-state index contributed by atoms with van der Waals surface area (Å²) in [6.07, 6.45) is -1.11. The van der Waals surface area contributed by atoms with Crippen molar-refractivity contribution in [3.63, 3.8) is 0 Å². The minimum absolute atomic E-state index is 0.0237. The summed E-state index contributed by atoms with van der Waals surface area (Å²) in [5.41, 5.74) is 2.06. The zero-order valence-corrected chi connectivity index (χ0v) is 12.7. The number of aromatic nitrogens is 1. The Labute approximate surface area is 125 Å². The van der Waals surface area contributed by atoms with E-state index in [4.69, 9.17) is 5.11 Å². The summed E-state index contributed by atoms with van der Waals surface area (Å²) in [6.45, 7) is 3.42. The van der Waals surface area contributed by atoms with Crippen molar-refractivity contribution in [2.45, 2.75) is 13.8 Å². The predicted molar refractivity (Wildman–Crippen MR) is 81.3 cm³/mol. The Hall–Kier alpha value is -2.41. The van der Waals surface area contributed by atoms with Crippen LogP contribution in [0.4, 0.5) is 16.2 Å². The molecule has 0 saturated carbocycles. The number of nitrogens with zero attached hydrogens (tertiary/aromatic N) is 2. The van der Waals surface area contributed by atoms with Crippen molar-refractivity contribution in [1.29, 1.82) is 0 Å². The highest BCUT2D eigenvalue weighted by Crippen LogP contribution is 2.17. The van der Waals surface area contributed by atoms with Crippen LogP contribution in [-0.4, -0.2) is 21.6 Å². The summed E-state index contributed by atoms with van der Waals surface area (Å²) in [7, 11) is 1.86. The molecule has 0 bridgehead atoms. The Morgan fingerprint density at radius 1 is 1.29 bits per heavy atom. The first kappa shape index (κ1) is 15.0. The van der Waals surface area contributed by atoms with Crippen LogP contribution in [0.5, 0.6) is 0 Å². The van der Waals surface area contributed by atoms with Crippen LogP contribution < -0.4 is 10.1 Å². The lowest BCUT2D eigenvalue weighted by Crippen LogP contribution is -2.11. The van der Waals surface area contributed by atoms with Gasteiger partial charge in [0.15, 0.2) is 10.6 Å². The molecule has 0 aliphatic heterocycles. The maximum Gasteiger partial charge on any atom is 0.409 e. The first-order chi connectivity index (χ1) is 9.88. The lowest BCUT2D eigenvalue weighted by atomic mass is 10.3. The molecule has 0 saturated heterocycles. The Balaban J connectivity index is 2.38. The first-order valence-electron chi connectivity index (χ1n) is 6.20. The van der Waals surface area contributed by atoms with Gasteiger partial charge in [0.05, 0.1) is 10.6 Å². The van der Waals surface area contributed by atoms with Gasteiger partial charge in [-0.3, -0.25) is 10.1 Å². The fourth-order valence-electron chi connectivity index (χ4n) is 1.81. The first-order valence-corrected chi connectivity index (χ1v) is 7.02. The molecule has 0 fully saturated rings. The summed E-state index contributed by atoms with van der Waals surface area (Å²) in [6, 6.07) is 6.71. The van der Waals surface area contributed by atoms with E-state index < -0.39 is 6.09 Å². The second-order valence-electron chi connectivity index (χ2n) is 4.50. The number of anilines is 1. The van der Waals surface area contributed by atoms with E-state index >= 15 is 0 Å². The van der Waals surface area contributed by atoms with Crippen LogP contribution in [0, 0.1) is 6.92 Å². The van der Waals surface area contributed by atoms with Gasteiger partial charge < -0.3 is 9.67 Å². The Kier molecular flexibility index (Phi) is 4.23. The third-order valence-electron chi connectivity index (χ3n) is 2.98. The topological polar surface area (TPSA) is 83.7 Å². The minimum atomic E-state index is -1.11. The SMILES string of the molecule is CC(=O)c1sc(=Nc2ccc(NC(=O)O)cc2)n(C)c1C. The number of benzene rings is 1. The van der Waals surface area contributed by atoms with Crippen molar-refractivity contribution in [1.82, 2.24) is 4.57 Å². The molecule has 7 heteroatoms. The van der Waals surface area contributed by atoms with Crippen molar-refractivity contribution in [3.05, 3.63) is 39.6 Å². The summed E-state index contributed by atoms with van der Waals surface area (Å²) in [4.78, 5) is 27.9. The van der Waals surface area contributed by atoms with Crippen molar-refractivity contribution in [2.24, 2.45) is 12.0 Å².